The van der Waals surface area contributed by atoms with E-state index in [1.54, 1.807) is 24.3 Å². The highest BCUT2D eigenvalue weighted by atomic mass is 35.5. The van der Waals surface area contributed by atoms with Crippen LogP contribution >= 0.6 is 11.6 Å². The van der Waals surface area contributed by atoms with Crippen LogP contribution in [-0.4, -0.2) is 51.6 Å². The predicted octanol–water partition coefficient (Wildman–Crippen LogP) is 3.92. The van der Waals surface area contributed by atoms with Gasteiger partial charge in [-0.1, -0.05) is 29.8 Å². The normalized spacial score (nSPS) is 17.7. The highest BCUT2D eigenvalue weighted by Gasteiger charge is 2.39. The first-order chi connectivity index (χ1) is 16.7. The molecule has 2 atom stereocenters. The Balaban J connectivity index is 1.53. The van der Waals surface area contributed by atoms with Gasteiger partial charge in [-0.3, -0.25) is 9.36 Å². The lowest BCUT2D eigenvalue weighted by atomic mass is 9.98. The van der Waals surface area contributed by atoms with Crippen molar-refractivity contribution in [1.82, 2.24) is 9.47 Å². The number of carbonyl (C=O) groups excluding carboxylic acids is 3. The fraction of sp³-hybridized carbons (Fsp3) is 0.292. The molecule has 0 spiro atoms. The van der Waals surface area contributed by atoms with E-state index in [9.17, 15) is 28.3 Å². The summed E-state index contributed by atoms with van der Waals surface area (Å²) in [5.74, 6) is -2.45. The van der Waals surface area contributed by atoms with Crippen molar-refractivity contribution in [1.29, 1.82) is 0 Å². The van der Waals surface area contributed by atoms with Crippen molar-refractivity contribution in [3.63, 3.8) is 0 Å². The van der Waals surface area contributed by atoms with E-state index in [1.165, 1.54) is 15.7 Å². The summed E-state index contributed by atoms with van der Waals surface area (Å²) in [7, 11) is 0. The fourth-order valence-electron chi connectivity index (χ4n) is 4.45. The predicted molar refractivity (Wildman–Crippen MR) is 126 cm³/mol. The number of para-hydroxylation sites is 1. The number of aromatic nitrogens is 1. The van der Waals surface area contributed by atoms with Crippen molar-refractivity contribution in [2.24, 2.45) is 11.7 Å². The Bertz CT molecular complexity index is 1310. The number of nitrogens with one attached hydrogen (secondary N) is 1. The molecule has 184 valence electrons. The number of anilines is 1. The maximum atomic E-state index is 14.2. The van der Waals surface area contributed by atoms with Crippen LogP contribution in [-0.2, 0) is 11.2 Å². The number of aliphatic hydroxyl groups is 1. The molecule has 3 amide bonds. The molecule has 2 aromatic carbocycles. The molecule has 0 saturated carbocycles. The second kappa shape index (κ2) is 10.0. The molecule has 0 unspecified atom stereocenters. The minimum absolute atomic E-state index is 0.118. The summed E-state index contributed by atoms with van der Waals surface area (Å²) >= 11 is 5.72. The summed E-state index contributed by atoms with van der Waals surface area (Å²) in [6, 6.07) is 6.76. The monoisotopic (exact) mass is 504 g/mol. The summed E-state index contributed by atoms with van der Waals surface area (Å²) in [5.41, 5.74) is 5.96. The molecule has 4 rings (SSSR count). The third kappa shape index (κ3) is 4.85. The van der Waals surface area contributed by atoms with Gasteiger partial charge >= 0.3 is 12.1 Å². The number of ketones is 1. The Morgan fingerprint density at radius 2 is 1.91 bits per heavy atom. The van der Waals surface area contributed by atoms with Crippen molar-refractivity contribution in [2.75, 3.05) is 18.5 Å². The molecular weight excluding hydrogens is 482 g/mol. The zero-order valence-corrected chi connectivity index (χ0v) is 19.3. The summed E-state index contributed by atoms with van der Waals surface area (Å²) < 4.78 is 29.5. The van der Waals surface area contributed by atoms with Gasteiger partial charge in [0.25, 0.3) is 0 Å². The van der Waals surface area contributed by atoms with E-state index in [2.05, 4.69) is 5.32 Å². The molecule has 8 nitrogen and oxygen atoms in total. The quantitative estimate of drug-likeness (QED) is 0.441. The topological polar surface area (TPSA) is 118 Å². The van der Waals surface area contributed by atoms with Crippen LogP contribution in [0.3, 0.4) is 0 Å². The van der Waals surface area contributed by atoms with Gasteiger partial charge in [-0.25, -0.2) is 18.4 Å². The van der Waals surface area contributed by atoms with Crippen molar-refractivity contribution in [3.05, 3.63) is 64.8 Å². The van der Waals surface area contributed by atoms with Crippen LogP contribution < -0.4 is 11.1 Å². The number of primary amides is 1. The number of nitrogens with two attached hydrogens (primary N) is 1. The number of benzene rings is 2. The average Bonchev–Trinajstić information content (AvgIpc) is 3.44. The van der Waals surface area contributed by atoms with Gasteiger partial charge in [-0.05, 0) is 31.0 Å². The van der Waals surface area contributed by atoms with E-state index in [0.29, 0.717) is 16.6 Å². The van der Waals surface area contributed by atoms with Gasteiger partial charge in [0.2, 0.25) is 0 Å². The molecule has 1 aromatic heterocycles. The maximum Gasteiger partial charge on any atom is 0.323 e. The van der Waals surface area contributed by atoms with E-state index < -0.39 is 35.5 Å². The zero-order valence-electron chi connectivity index (χ0n) is 18.5. The summed E-state index contributed by atoms with van der Waals surface area (Å²) in [4.78, 5) is 39.2. The van der Waals surface area contributed by atoms with E-state index in [-0.39, 0.29) is 48.9 Å². The lowest BCUT2D eigenvalue weighted by Crippen LogP contribution is -2.43. The molecule has 1 aliphatic heterocycles. The Hall–Kier alpha value is -3.50. The fourth-order valence-corrected chi connectivity index (χ4v) is 4.62. The maximum absolute atomic E-state index is 14.2. The first-order valence-corrected chi connectivity index (χ1v) is 11.3. The second-order valence-corrected chi connectivity index (χ2v) is 8.85. The number of carbonyl (C=O) groups is 3. The van der Waals surface area contributed by atoms with Crippen LogP contribution in [0.1, 0.15) is 18.4 Å². The molecule has 3 aromatic rings. The number of halogens is 3. The Morgan fingerprint density at radius 1 is 1.17 bits per heavy atom. The lowest BCUT2D eigenvalue weighted by molar-refractivity contribution is -0.122. The van der Waals surface area contributed by atoms with Gasteiger partial charge < -0.3 is 21.1 Å². The van der Waals surface area contributed by atoms with E-state index in [1.807, 2.05) is 0 Å². The van der Waals surface area contributed by atoms with Gasteiger partial charge in [-0.15, -0.1) is 0 Å². The molecule has 4 N–H and O–H groups in total. The first kappa shape index (κ1) is 24.6. The Kier molecular flexibility index (Phi) is 7.04. The minimum Gasteiger partial charge on any atom is -0.396 e. The molecular formula is C24H23ClF2N4O4. The molecule has 35 heavy (non-hydrogen) atoms. The SMILES string of the molecule is NC(=O)n1cc(NC(=O)N2C[C@@H](CO)C[C@H]2C(=O)CCc2c(F)ccc(Cl)c2F)c2ccccc21. The number of aliphatic hydroxyl groups excluding tert-OH is 1. The van der Waals surface area contributed by atoms with Crippen molar-refractivity contribution < 1.29 is 28.3 Å². The number of amides is 3. The van der Waals surface area contributed by atoms with Gasteiger partial charge in [0.05, 0.1) is 22.3 Å². The zero-order chi connectivity index (χ0) is 25.3. The van der Waals surface area contributed by atoms with E-state index >= 15 is 0 Å². The number of Topliss-reactive ketones (excluding diaryl/α,β-unsaturated/α-hetero) is 1. The van der Waals surface area contributed by atoms with Crippen molar-refractivity contribution >= 4 is 46.0 Å². The summed E-state index contributed by atoms with van der Waals surface area (Å²) in [6.07, 6.45) is 1.17. The molecule has 0 aliphatic carbocycles. The summed E-state index contributed by atoms with van der Waals surface area (Å²) in [6.45, 7) is -0.112. The van der Waals surface area contributed by atoms with Crippen LogP contribution in [0.5, 0.6) is 0 Å². The average molecular weight is 505 g/mol. The molecule has 0 radical (unpaired) electrons. The van der Waals surface area contributed by atoms with Crippen LogP contribution in [0, 0.1) is 17.6 Å². The second-order valence-electron chi connectivity index (χ2n) is 8.44. The number of nitrogens with zero attached hydrogens (tertiary/aromatic N) is 2. The van der Waals surface area contributed by atoms with Gasteiger partial charge in [0.15, 0.2) is 5.78 Å². The molecule has 1 fully saturated rings. The number of fused-ring (bicyclic) bond motifs is 1. The molecule has 1 saturated heterocycles. The number of hydrogen-bond donors (Lipinski definition) is 3. The lowest BCUT2D eigenvalue weighted by Gasteiger charge is -2.24. The minimum atomic E-state index is -0.917. The Labute approximate surface area is 204 Å². The van der Waals surface area contributed by atoms with Gasteiger partial charge in [-0.2, -0.15) is 0 Å². The molecule has 0 bridgehead atoms. The Morgan fingerprint density at radius 3 is 2.63 bits per heavy atom. The van der Waals surface area contributed by atoms with Crippen molar-refractivity contribution in [3.8, 4) is 0 Å². The van der Waals surface area contributed by atoms with Crippen LogP contribution in [0.4, 0.5) is 24.1 Å². The number of rotatable bonds is 6. The third-order valence-electron chi connectivity index (χ3n) is 6.23. The van der Waals surface area contributed by atoms with Gasteiger partial charge in [0.1, 0.15) is 11.6 Å². The smallest absolute Gasteiger partial charge is 0.323 e. The van der Waals surface area contributed by atoms with Crippen LogP contribution in [0.15, 0.2) is 42.6 Å². The molecule has 2 heterocycles. The van der Waals surface area contributed by atoms with E-state index in [4.69, 9.17) is 17.3 Å². The number of likely N-dealkylation sites (tertiary alicyclic amines) is 1. The highest BCUT2D eigenvalue weighted by Crippen LogP contribution is 2.30. The van der Waals surface area contributed by atoms with Gasteiger partial charge in [0, 0.05) is 42.6 Å². The number of hydrogen-bond acceptors (Lipinski definition) is 4. The summed E-state index contributed by atoms with van der Waals surface area (Å²) in [5, 5.41) is 12.7. The number of urea groups is 1. The standard InChI is InChI=1S/C24H23ClF2N4O4/c25-16-6-7-17(26)14(22(16)27)5-8-21(33)20-9-13(12-32)10-31(20)24(35)29-18-11-30(23(28)34)19-4-2-1-3-15(18)19/h1-4,6-7,11,13,20,32H,5,8-10,12H2,(H2,28,34)(H,29,35)/t13-,20-/m0/s1. The molecule has 1 aliphatic rings. The molecule has 11 heteroatoms. The van der Waals surface area contributed by atoms with Crippen LogP contribution in [0.25, 0.3) is 10.9 Å². The largest absolute Gasteiger partial charge is 0.396 e. The van der Waals surface area contributed by atoms with Crippen LogP contribution in [0.2, 0.25) is 5.02 Å². The third-order valence-corrected chi connectivity index (χ3v) is 6.52. The van der Waals surface area contributed by atoms with Crippen molar-refractivity contribution in [2.45, 2.75) is 25.3 Å². The highest BCUT2D eigenvalue weighted by molar-refractivity contribution is 6.30. The first-order valence-electron chi connectivity index (χ1n) is 10.9. The van der Waals surface area contributed by atoms with E-state index in [0.717, 1.165) is 12.1 Å².